The highest BCUT2D eigenvalue weighted by Gasteiger charge is 2.45. The van der Waals surface area contributed by atoms with E-state index in [1.165, 1.54) is 11.9 Å². The molecule has 1 aromatic rings. The number of likely N-dealkylation sites (N-methyl/N-ethyl adjacent to an activating group) is 1. The fourth-order valence-corrected chi connectivity index (χ4v) is 4.64. The van der Waals surface area contributed by atoms with Gasteiger partial charge in [0.1, 0.15) is 12.1 Å². The SMILES string of the molecule is CNC(=O)[C@H]1CC(O)CN1C(=O)C(n1cc(CCN2CCOC(C)(C)C2)nn1)C(C)(C)C. The first kappa shape index (κ1) is 24.6. The van der Waals surface area contributed by atoms with Gasteiger partial charge in [0.15, 0.2) is 0 Å². The summed E-state index contributed by atoms with van der Waals surface area (Å²) < 4.78 is 7.39. The monoisotopic (exact) mass is 450 g/mol. The van der Waals surface area contributed by atoms with Gasteiger partial charge in [-0.15, -0.1) is 5.10 Å². The summed E-state index contributed by atoms with van der Waals surface area (Å²) in [4.78, 5) is 29.7. The number of rotatable bonds is 6. The number of likely N-dealkylation sites (tertiary alicyclic amines) is 1. The van der Waals surface area contributed by atoms with Crippen LogP contribution in [0.5, 0.6) is 0 Å². The number of carbonyl (C=O) groups is 2. The molecule has 0 bridgehead atoms. The molecule has 3 rings (SSSR count). The van der Waals surface area contributed by atoms with E-state index in [2.05, 4.69) is 34.4 Å². The lowest BCUT2D eigenvalue weighted by Crippen LogP contribution is -2.49. The third-order valence-corrected chi connectivity index (χ3v) is 6.18. The number of ether oxygens (including phenoxy) is 1. The molecule has 2 fully saturated rings. The number of nitrogens with one attached hydrogen (secondary N) is 1. The Kier molecular flexibility index (Phi) is 7.26. The molecule has 2 saturated heterocycles. The van der Waals surface area contributed by atoms with Crippen LogP contribution in [0.2, 0.25) is 0 Å². The molecule has 2 aliphatic heterocycles. The van der Waals surface area contributed by atoms with Gasteiger partial charge in [-0.1, -0.05) is 26.0 Å². The average Bonchev–Trinajstić information content (AvgIpc) is 3.30. The number of aliphatic hydroxyl groups excluding tert-OH is 1. The molecule has 3 atom stereocenters. The summed E-state index contributed by atoms with van der Waals surface area (Å²) in [5.74, 6) is -0.496. The van der Waals surface area contributed by atoms with E-state index in [0.29, 0.717) is 6.61 Å². The van der Waals surface area contributed by atoms with Gasteiger partial charge in [-0.05, 0) is 19.3 Å². The van der Waals surface area contributed by atoms with Gasteiger partial charge in [0.2, 0.25) is 11.8 Å². The Labute approximate surface area is 190 Å². The van der Waals surface area contributed by atoms with Crippen LogP contribution in [0.15, 0.2) is 6.20 Å². The van der Waals surface area contributed by atoms with Crippen molar-refractivity contribution in [1.29, 1.82) is 0 Å². The molecule has 0 spiro atoms. The molecule has 10 nitrogen and oxygen atoms in total. The molecular weight excluding hydrogens is 412 g/mol. The van der Waals surface area contributed by atoms with Gasteiger partial charge >= 0.3 is 0 Å². The van der Waals surface area contributed by atoms with E-state index in [1.807, 2.05) is 27.0 Å². The molecule has 0 aliphatic carbocycles. The molecule has 0 saturated carbocycles. The normalized spacial score (nSPS) is 25.0. The molecule has 2 aliphatic rings. The Bertz CT molecular complexity index is 818. The first-order valence-electron chi connectivity index (χ1n) is 11.4. The van der Waals surface area contributed by atoms with E-state index < -0.39 is 23.6 Å². The van der Waals surface area contributed by atoms with Crippen molar-refractivity contribution in [2.24, 2.45) is 5.41 Å². The predicted octanol–water partition coefficient (Wildman–Crippen LogP) is 0.226. The zero-order valence-electron chi connectivity index (χ0n) is 20.2. The van der Waals surface area contributed by atoms with Crippen LogP contribution in [-0.2, 0) is 20.7 Å². The fraction of sp³-hybridized carbons (Fsp3) is 0.818. The highest BCUT2D eigenvalue weighted by atomic mass is 16.5. The third-order valence-electron chi connectivity index (χ3n) is 6.18. The van der Waals surface area contributed by atoms with Crippen molar-refractivity contribution in [3.8, 4) is 0 Å². The molecule has 1 aromatic heterocycles. The second kappa shape index (κ2) is 9.44. The van der Waals surface area contributed by atoms with Gasteiger partial charge < -0.3 is 20.1 Å². The summed E-state index contributed by atoms with van der Waals surface area (Å²) in [6, 6.07) is -1.32. The summed E-state index contributed by atoms with van der Waals surface area (Å²) in [5, 5.41) is 21.3. The average molecular weight is 451 g/mol. The number of carbonyl (C=O) groups excluding carboxylic acids is 2. The van der Waals surface area contributed by atoms with Gasteiger partial charge in [-0.3, -0.25) is 14.5 Å². The van der Waals surface area contributed by atoms with Crippen molar-refractivity contribution in [3.05, 3.63) is 11.9 Å². The highest BCUT2D eigenvalue weighted by Crippen LogP contribution is 2.34. The molecule has 10 heteroatoms. The van der Waals surface area contributed by atoms with E-state index in [1.54, 1.807) is 4.68 Å². The van der Waals surface area contributed by atoms with Crippen LogP contribution < -0.4 is 5.32 Å². The summed E-state index contributed by atoms with van der Waals surface area (Å²) in [6.07, 6.45) is 2.08. The molecule has 2 amide bonds. The second-order valence-corrected chi connectivity index (χ2v) is 10.6. The molecule has 0 radical (unpaired) electrons. The van der Waals surface area contributed by atoms with E-state index in [9.17, 15) is 14.7 Å². The van der Waals surface area contributed by atoms with Gasteiger partial charge in [-0.2, -0.15) is 0 Å². The second-order valence-electron chi connectivity index (χ2n) is 10.6. The minimum Gasteiger partial charge on any atom is -0.391 e. The standard InChI is InChI=1S/C22H38N6O4/c1-21(2,3)18(20(31)27-13-16(29)11-17(27)19(30)23-6)28-12-15(24-25-28)7-8-26-9-10-32-22(4,5)14-26/h12,16-18,29H,7-11,13-14H2,1-6H3,(H,23,30)/t16?,17-,18?/m1/s1. The molecular formula is C22H38N6O4. The number of aliphatic hydroxyl groups is 1. The quantitative estimate of drug-likeness (QED) is 0.638. The summed E-state index contributed by atoms with van der Waals surface area (Å²) >= 11 is 0. The van der Waals surface area contributed by atoms with Crippen molar-refractivity contribution in [2.45, 2.75) is 71.2 Å². The molecule has 3 heterocycles. The Morgan fingerprint density at radius 2 is 2.09 bits per heavy atom. The number of morpholine rings is 1. The third kappa shape index (κ3) is 5.65. The Morgan fingerprint density at radius 3 is 2.72 bits per heavy atom. The predicted molar refractivity (Wildman–Crippen MR) is 119 cm³/mol. The van der Waals surface area contributed by atoms with Crippen molar-refractivity contribution in [1.82, 2.24) is 30.1 Å². The zero-order valence-corrected chi connectivity index (χ0v) is 20.2. The number of amides is 2. The van der Waals surface area contributed by atoms with Crippen LogP contribution in [-0.4, -0.2) is 99.3 Å². The van der Waals surface area contributed by atoms with Crippen molar-refractivity contribution in [3.63, 3.8) is 0 Å². The summed E-state index contributed by atoms with van der Waals surface area (Å²) in [6.45, 7) is 13.5. The molecule has 2 N–H and O–H groups in total. The molecule has 0 aromatic carbocycles. The van der Waals surface area contributed by atoms with Gasteiger partial charge in [0.05, 0.1) is 24.0 Å². The van der Waals surface area contributed by atoms with E-state index in [4.69, 9.17) is 4.74 Å². The van der Waals surface area contributed by atoms with Gasteiger partial charge in [0.25, 0.3) is 0 Å². The van der Waals surface area contributed by atoms with Crippen LogP contribution in [0.3, 0.4) is 0 Å². The Balaban J connectivity index is 1.74. The van der Waals surface area contributed by atoms with Crippen LogP contribution in [0.1, 0.15) is 52.8 Å². The smallest absolute Gasteiger partial charge is 0.248 e. The topological polar surface area (TPSA) is 113 Å². The van der Waals surface area contributed by atoms with Crippen LogP contribution in [0, 0.1) is 5.41 Å². The van der Waals surface area contributed by atoms with Crippen molar-refractivity contribution < 1.29 is 19.4 Å². The fourth-order valence-electron chi connectivity index (χ4n) is 4.64. The zero-order chi connectivity index (χ0) is 23.7. The maximum Gasteiger partial charge on any atom is 0.248 e. The van der Waals surface area contributed by atoms with E-state index in [-0.39, 0.29) is 30.4 Å². The number of β-amino-alcohol motifs (C(OH)–C–C–N with tert-alkyl or cyclic N) is 1. The molecule has 32 heavy (non-hydrogen) atoms. The maximum atomic E-state index is 13.6. The summed E-state index contributed by atoms with van der Waals surface area (Å²) in [7, 11) is 1.54. The van der Waals surface area contributed by atoms with Crippen LogP contribution in [0.25, 0.3) is 0 Å². The van der Waals surface area contributed by atoms with E-state index in [0.717, 1.165) is 31.7 Å². The number of nitrogens with zero attached hydrogens (tertiary/aromatic N) is 5. The number of aromatic nitrogens is 3. The number of hydrogen-bond donors (Lipinski definition) is 2. The summed E-state index contributed by atoms with van der Waals surface area (Å²) in [5.41, 5.74) is 0.207. The van der Waals surface area contributed by atoms with Gasteiger partial charge in [0, 0.05) is 52.3 Å². The molecule has 180 valence electrons. The number of hydrogen-bond acceptors (Lipinski definition) is 7. The van der Waals surface area contributed by atoms with Crippen LogP contribution in [0.4, 0.5) is 0 Å². The Hall–Kier alpha value is -2.04. The van der Waals surface area contributed by atoms with Gasteiger partial charge in [-0.25, -0.2) is 4.68 Å². The minimum absolute atomic E-state index is 0.137. The first-order valence-corrected chi connectivity index (χ1v) is 11.4. The van der Waals surface area contributed by atoms with Crippen molar-refractivity contribution in [2.75, 3.05) is 39.8 Å². The largest absolute Gasteiger partial charge is 0.391 e. The maximum absolute atomic E-state index is 13.6. The first-order chi connectivity index (χ1) is 14.9. The lowest BCUT2D eigenvalue weighted by atomic mass is 9.85. The Morgan fingerprint density at radius 1 is 1.38 bits per heavy atom. The minimum atomic E-state index is -0.717. The lowest BCUT2D eigenvalue weighted by Gasteiger charge is -2.38. The molecule has 2 unspecified atom stereocenters. The van der Waals surface area contributed by atoms with Crippen molar-refractivity contribution >= 4 is 11.8 Å². The van der Waals surface area contributed by atoms with Crippen LogP contribution >= 0.6 is 0 Å². The highest BCUT2D eigenvalue weighted by molar-refractivity contribution is 5.90. The van der Waals surface area contributed by atoms with E-state index >= 15 is 0 Å². The lowest BCUT2D eigenvalue weighted by molar-refractivity contribution is -0.144.